The molecule has 578 valence electrons. The number of ether oxygens (including phenoxy) is 4. The first kappa shape index (κ1) is 104. The number of fused-ring (bicyclic) bond motifs is 3. The van der Waals surface area contributed by atoms with Gasteiger partial charge in [-0.25, -0.2) is 0 Å². The molecule has 0 N–H and O–H groups in total. The summed E-state index contributed by atoms with van der Waals surface area (Å²) in [6, 6.07) is 71.1. The molecule has 0 saturated heterocycles. The molecule has 0 radical (unpaired) electrons. The molecule has 0 bridgehead atoms. The minimum absolute atomic E-state index is 0. The van der Waals surface area contributed by atoms with Crippen LogP contribution in [0, 0.1) is 42.3 Å². The number of azide groups is 1. The van der Waals surface area contributed by atoms with Crippen LogP contribution in [0.15, 0.2) is 245 Å². The number of rotatable bonds is 32. The van der Waals surface area contributed by atoms with E-state index in [-0.39, 0.29) is 126 Å². The zero-order chi connectivity index (χ0) is 74.4. The van der Waals surface area contributed by atoms with Crippen LogP contribution in [0.25, 0.3) is 21.6 Å². The maximum atomic E-state index is 7.86. The largest absolute Gasteiger partial charge is 0.610 e. The molecule has 9 aromatic carbocycles. The normalized spacial score (nSPS) is 11.4. The Labute approximate surface area is 757 Å². The van der Waals surface area contributed by atoms with Crippen molar-refractivity contribution in [2.24, 2.45) is 20.6 Å². The smallest absolute Gasteiger partial charge is 0.540 e. The average Bonchev–Trinajstić information content (AvgIpc) is 0.949. The maximum Gasteiger partial charge on any atom is 0.540 e. The van der Waals surface area contributed by atoms with Crippen LogP contribution < -0.4 is 41.9 Å². The van der Waals surface area contributed by atoms with Crippen molar-refractivity contribution in [3.8, 4) is 62.9 Å². The van der Waals surface area contributed by atoms with Crippen molar-refractivity contribution in [1.82, 2.24) is 29.0 Å². The molecule has 0 fully saturated rings. The molecule has 6 atom stereocenters. The van der Waals surface area contributed by atoms with Gasteiger partial charge in [-0.3, -0.25) is 13.6 Å². The molecule has 0 aromatic heterocycles. The van der Waals surface area contributed by atoms with Crippen LogP contribution in [-0.2, 0) is 181 Å². The molecule has 0 saturated carbocycles. The quantitative estimate of drug-likeness (QED) is 0.00735. The van der Waals surface area contributed by atoms with Gasteiger partial charge in [-0.15, -0.1) is 24.2 Å². The minimum Gasteiger partial charge on any atom is -0.610 e. The molecule has 21 nitrogen and oxygen atoms in total. The Hall–Kier alpha value is -4.24. The predicted octanol–water partition coefficient (Wildman–Crippen LogP) is 19.1. The third kappa shape index (κ3) is 39.9. The van der Waals surface area contributed by atoms with Crippen LogP contribution in [0.5, 0.6) is 51.7 Å². The molecular formula is C74H81N12O9P6S3W6-3. The fraction of sp³-hybridized carbons (Fsp3) is 0.149. The van der Waals surface area contributed by atoms with Crippen LogP contribution in [-0.4, -0.2) is 102 Å². The molecule has 36 heteroatoms. The van der Waals surface area contributed by atoms with E-state index < -0.39 is 27.7 Å². The summed E-state index contributed by atoms with van der Waals surface area (Å²) >= 11 is 16.4. The Kier molecular flexibility index (Phi) is 55.3. The van der Waals surface area contributed by atoms with Gasteiger partial charge >= 0.3 is 27.7 Å². The summed E-state index contributed by atoms with van der Waals surface area (Å²) in [5.41, 5.74) is 16.2. The van der Waals surface area contributed by atoms with Crippen molar-refractivity contribution < 1.29 is 168 Å². The van der Waals surface area contributed by atoms with Crippen LogP contribution in [0.3, 0.4) is 0 Å². The first-order valence-corrected chi connectivity index (χ1v) is 43.1. The number of nitrogens with zero attached hydrogens (tertiary/aromatic N) is 12. The monoisotopic (exact) mass is 2670 g/mol. The second-order valence-corrected chi connectivity index (χ2v) is 33.3. The molecule has 1 heterocycles. The Bertz CT molecular complexity index is 4230. The predicted molar refractivity (Wildman–Crippen MR) is 440 cm³/mol. The average molecular weight is 2670 g/mol. The standard InChI is InChI=1S/C31H29N3O4PS.C19H23N3O2PS.C18H24N3O2P4S.C6H5N3O.6W/c1-33(2)21-20-23-12-18-26(19-13-23)38-39(40)34(3)32-22-24-14-16-25(17-15-24)35-31-36-29-10-6-4-8-27(29)28-9-5-7-11-30(28)37-31;1-21(2)14-13-16-5-11-19(12-6-16)24-25(26)22(3)20-15-17-7-9-18(23-4)10-8-17;1-20(2)13-12-15-4-10-18(11-5-15)23-27(28)21(3)19-14-16-6-8-17(9-7-16)22-25-26-24;7-8-9-10-6-4-2-1-3-5-6;;;;;;/h4-19,22,31H,1-2,20-21H2,3H3;5-12,15H,1-2,13-14H2,3-4H3;4-11,14,25-26H,1-2,12-13,24H2,3H3;1-5H;;;;;;/q3*-1;;;;;;;/b32-22+;20-15+;19-14+;;;;;;;. The van der Waals surface area contributed by atoms with Crippen LogP contribution in [0.2, 0.25) is 0 Å². The van der Waals surface area contributed by atoms with Crippen LogP contribution >= 0.6 is 46.6 Å². The van der Waals surface area contributed by atoms with E-state index in [2.05, 4.69) is 81.5 Å². The van der Waals surface area contributed by atoms with Crippen molar-refractivity contribution in [3.05, 3.63) is 311 Å². The molecule has 6 unspecified atom stereocenters. The number of hydrogen-bond acceptors (Lipinski definition) is 19. The van der Waals surface area contributed by atoms with Gasteiger partial charge in [0, 0.05) is 142 Å². The summed E-state index contributed by atoms with van der Waals surface area (Å²) in [4.78, 5) is 12.0. The van der Waals surface area contributed by atoms with Crippen LogP contribution in [0.1, 0.15) is 33.4 Å². The second kappa shape index (κ2) is 58.6. The van der Waals surface area contributed by atoms with Crippen molar-refractivity contribution >= 4 is 101 Å². The van der Waals surface area contributed by atoms with Crippen molar-refractivity contribution in [2.45, 2.75) is 25.7 Å². The van der Waals surface area contributed by atoms with E-state index >= 15 is 0 Å². The Morgan fingerprint density at radius 1 is 0.445 bits per heavy atom. The summed E-state index contributed by atoms with van der Waals surface area (Å²) in [7, 11) is 29.5. The molecule has 10 rings (SSSR count). The van der Waals surface area contributed by atoms with E-state index in [9.17, 15) is 0 Å². The number of hydrogen-bond donors (Lipinski definition) is 0. The van der Waals surface area contributed by atoms with E-state index in [4.69, 9.17) is 78.0 Å². The van der Waals surface area contributed by atoms with Gasteiger partial charge in [0.05, 0.1) is 55.4 Å². The zero-order valence-corrected chi connectivity index (χ0v) is 86.2. The van der Waals surface area contributed by atoms with Gasteiger partial charge in [0.15, 0.2) is 17.2 Å². The number of benzene rings is 9. The van der Waals surface area contributed by atoms with Gasteiger partial charge in [-0.2, -0.15) is 0 Å². The molecule has 0 spiro atoms. The molecule has 110 heavy (non-hydrogen) atoms. The Balaban J connectivity index is 0.000000772. The zero-order valence-electron chi connectivity index (χ0n) is 60.3. The van der Waals surface area contributed by atoms with Crippen molar-refractivity contribution in [1.29, 1.82) is 0 Å². The van der Waals surface area contributed by atoms with Crippen molar-refractivity contribution in [3.63, 3.8) is 0 Å². The van der Waals surface area contributed by atoms with E-state index in [0.29, 0.717) is 37.2 Å². The molecule has 9 aromatic rings. The maximum absolute atomic E-state index is 7.86. The van der Waals surface area contributed by atoms with Gasteiger partial charge < -0.3 is 85.3 Å². The molecule has 0 aliphatic carbocycles. The van der Waals surface area contributed by atoms with Gasteiger partial charge in [0.25, 0.3) is 0 Å². The summed E-state index contributed by atoms with van der Waals surface area (Å²) in [6.45, 7) is 1.45. The van der Waals surface area contributed by atoms with Gasteiger partial charge in [0.2, 0.25) is 35.4 Å². The summed E-state index contributed by atoms with van der Waals surface area (Å²) in [5, 5.41) is 16.1. The first-order chi connectivity index (χ1) is 50.3. The Morgan fingerprint density at radius 3 is 1.09 bits per heavy atom. The van der Waals surface area contributed by atoms with Crippen molar-refractivity contribution in [2.75, 3.05) is 47.9 Å². The summed E-state index contributed by atoms with van der Waals surface area (Å²) < 4.78 is 51.4. The fourth-order valence-electron chi connectivity index (χ4n) is 8.59. The number of methoxy groups -OCH3 is 1. The SMILES string of the molecule is [CH2-]N([CH2-])CCc1ccc(O[P+](=S)N(C)/N=C/c2ccc(OC)cc2)cc1.[CH2-]N([CH2-])CCc1ccc(O[P+](=S)N(C)/N=C/c2ccc(OC3Oc4ccccc4-c4ccccc4O3)cc2)cc1.[CH2-]N([CH2-])CCc1ccc(O[P+](=S)N(C)/N=C/c2ccc(OPPP)cc2)cc1.[N-]=[N+]=NOc1ccccc1.[W].[W].[W].[W].[W].[W]. The van der Waals surface area contributed by atoms with E-state index in [1.54, 1.807) is 86.1 Å². The van der Waals surface area contributed by atoms with E-state index in [0.717, 1.165) is 97.7 Å². The van der Waals surface area contributed by atoms with E-state index in [1.165, 1.54) is 16.7 Å². The van der Waals surface area contributed by atoms with Gasteiger partial charge in [-0.1, -0.05) is 125 Å². The molecule has 0 amide bonds. The third-order valence-electron chi connectivity index (χ3n) is 14.1. The minimum atomic E-state index is -1.37. The fourth-order valence-corrected chi connectivity index (χ4v) is 12.8. The van der Waals surface area contributed by atoms with Gasteiger partial charge in [-0.05, 0) is 200 Å². The first-order valence-electron chi connectivity index (χ1n) is 31.7. The molecular weight excluding hydrogens is 2590 g/mol. The van der Waals surface area contributed by atoms with E-state index in [1.807, 2.05) is 214 Å². The topological polar surface area (TPSA) is 188 Å². The Morgan fingerprint density at radius 2 is 0.764 bits per heavy atom. The third-order valence-corrected chi connectivity index (χ3v) is 21.9. The van der Waals surface area contributed by atoms with Gasteiger partial charge in [0.1, 0.15) is 39.8 Å². The summed E-state index contributed by atoms with van der Waals surface area (Å²) in [5.74, 6) is 6.41. The number of para-hydroxylation sites is 3. The second-order valence-electron chi connectivity index (χ2n) is 22.0. The summed E-state index contributed by atoms with van der Waals surface area (Å²) in [6.07, 6.45) is 7.89. The number of hydrazone groups is 3. The molecule has 1 aliphatic rings. The van der Waals surface area contributed by atoms with Crippen LogP contribution in [0.4, 0.5) is 0 Å². The molecule has 1 aliphatic heterocycles.